The van der Waals surface area contributed by atoms with Gasteiger partial charge in [-0.2, -0.15) is 0 Å². The number of amides is 1. The van der Waals surface area contributed by atoms with Gasteiger partial charge in [-0.25, -0.2) is 0 Å². The van der Waals surface area contributed by atoms with Gasteiger partial charge in [-0.3, -0.25) is 4.79 Å². The highest BCUT2D eigenvalue weighted by molar-refractivity contribution is 5.90. The predicted octanol–water partition coefficient (Wildman–Crippen LogP) is 2.64. The molecule has 1 amide bonds. The number of ether oxygens (including phenoxy) is 1. The first-order valence-corrected chi connectivity index (χ1v) is 6.54. The molecule has 0 atom stereocenters. The van der Waals surface area contributed by atoms with Gasteiger partial charge in [-0.15, -0.1) is 0 Å². The van der Waals surface area contributed by atoms with Crippen LogP contribution in [0.5, 0.6) is 5.75 Å². The summed E-state index contributed by atoms with van der Waals surface area (Å²) in [6.07, 6.45) is 2.92. The normalized spacial score (nSPS) is 17.1. The SMILES string of the molecule is COc1ccccc1C1(C(=O)NC(C)C)CCC1. The summed E-state index contributed by atoms with van der Waals surface area (Å²) in [4.78, 5) is 12.5. The number of nitrogens with one attached hydrogen (secondary N) is 1. The van der Waals surface area contributed by atoms with Crippen LogP contribution < -0.4 is 10.1 Å². The second-order valence-electron chi connectivity index (χ2n) is 5.26. The summed E-state index contributed by atoms with van der Waals surface area (Å²) >= 11 is 0. The van der Waals surface area contributed by atoms with Crippen molar-refractivity contribution in [2.75, 3.05) is 7.11 Å². The summed E-state index contributed by atoms with van der Waals surface area (Å²) in [6.45, 7) is 3.99. The van der Waals surface area contributed by atoms with Crippen molar-refractivity contribution in [2.45, 2.75) is 44.6 Å². The van der Waals surface area contributed by atoms with E-state index in [0.717, 1.165) is 30.6 Å². The molecule has 3 nitrogen and oxygen atoms in total. The van der Waals surface area contributed by atoms with Gasteiger partial charge in [0.25, 0.3) is 0 Å². The zero-order valence-electron chi connectivity index (χ0n) is 11.3. The average Bonchev–Trinajstić information content (AvgIpc) is 2.27. The summed E-state index contributed by atoms with van der Waals surface area (Å²) in [7, 11) is 1.66. The third-order valence-corrected chi connectivity index (χ3v) is 3.68. The van der Waals surface area contributed by atoms with E-state index >= 15 is 0 Å². The maximum absolute atomic E-state index is 12.5. The Morgan fingerprint density at radius 3 is 2.50 bits per heavy atom. The van der Waals surface area contributed by atoms with Crippen LogP contribution in [-0.4, -0.2) is 19.1 Å². The lowest BCUT2D eigenvalue weighted by atomic mass is 9.63. The number of carbonyl (C=O) groups excluding carboxylic acids is 1. The molecule has 98 valence electrons. The van der Waals surface area contributed by atoms with E-state index in [1.54, 1.807) is 7.11 Å². The van der Waals surface area contributed by atoms with Gasteiger partial charge in [0, 0.05) is 11.6 Å². The molecule has 1 fully saturated rings. The molecule has 0 aromatic heterocycles. The topological polar surface area (TPSA) is 38.3 Å². The van der Waals surface area contributed by atoms with Gasteiger partial charge in [-0.1, -0.05) is 24.6 Å². The Hall–Kier alpha value is -1.51. The Morgan fingerprint density at radius 2 is 2.00 bits per heavy atom. The third-order valence-electron chi connectivity index (χ3n) is 3.68. The second-order valence-corrected chi connectivity index (χ2v) is 5.26. The molecule has 0 saturated heterocycles. The molecule has 1 aliphatic rings. The van der Waals surface area contributed by atoms with E-state index in [-0.39, 0.29) is 17.4 Å². The minimum absolute atomic E-state index is 0.133. The fourth-order valence-corrected chi connectivity index (χ4v) is 2.59. The first kappa shape index (κ1) is 12.9. The fraction of sp³-hybridized carbons (Fsp3) is 0.533. The molecule has 2 rings (SSSR count). The fourth-order valence-electron chi connectivity index (χ4n) is 2.59. The standard InChI is InChI=1S/C15H21NO2/c1-11(2)16-14(17)15(9-6-10-15)12-7-4-5-8-13(12)18-3/h4-5,7-8,11H,6,9-10H2,1-3H3,(H,16,17). The molecule has 1 aromatic rings. The Kier molecular flexibility index (Phi) is 3.60. The number of rotatable bonds is 4. The number of carbonyl (C=O) groups is 1. The highest BCUT2D eigenvalue weighted by Gasteiger charge is 2.47. The number of hydrogen-bond donors (Lipinski definition) is 1. The van der Waals surface area contributed by atoms with Crippen LogP contribution in [0.2, 0.25) is 0 Å². The van der Waals surface area contributed by atoms with E-state index in [9.17, 15) is 4.79 Å². The van der Waals surface area contributed by atoms with Gasteiger partial charge in [0.05, 0.1) is 12.5 Å². The van der Waals surface area contributed by atoms with Crippen LogP contribution in [0.1, 0.15) is 38.7 Å². The Balaban J connectivity index is 2.35. The molecular weight excluding hydrogens is 226 g/mol. The molecule has 0 spiro atoms. The van der Waals surface area contributed by atoms with Crippen molar-refractivity contribution in [3.63, 3.8) is 0 Å². The molecule has 0 radical (unpaired) electrons. The lowest BCUT2D eigenvalue weighted by molar-refractivity contribution is -0.130. The number of methoxy groups -OCH3 is 1. The van der Waals surface area contributed by atoms with E-state index in [2.05, 4.69) is 5.32 Å². The largest absolute Gasteiger partial charge is 0.496 e. The summed E-state index contributed by atoms with van der Waals surface area (Å²) in [6, 6.07) is 8.02. The molecule has 0 heterocycles. The lowest BCUT2D eigenvalue weighted by Crippen LogP contribution is -2.51. The van der Waals surface area contributed by atoms with E-state index < -0.39 is 0 Å². The van der Waals surface area contributed by atoms with Crippen molar-refractivity contribution in [2.24, 2.45) is 0 Å². The molecule has 1 N–H and O–H groups in total. The lowest BCUT2D eigenvalue weighted by Gasteiger charge is -2.41. The predicted molar refractivity (Wildman–Crippen MR) is 71.8 cm³/mol. The number of hydrogen-bond acceptors (Lipinski definition) is 2. The molecule has 0 bridgehead atoms. The van der Waals surface area contributed by atoms with Crippen LogP contribution in [0.4, 0.5) is 0 Å². The van der Waals surface area contributed by atoms with Gasteiger partial charge in [-0.05, 0) is 32.8 Å². The van der Waals surface area contributed by atoms with Crippen molar-refractivity contribution in [3.8, 4) is 5.75 Å². The second kappa shape index (κ2) is 5.01. The van der Waals surface area contributed by atoms with Crippen molar-refractivity contribution in [1.82, 2.24) is 5.32 Å². The molecule has 1 aliphatic carbocycles. The van der Waals surface area contributed by atoms with Crippen LogP contribution in [0.3, 0.4) is 0 Å². The molecule has 0 aliphatic heterocycles. The summed E-state index contributed by atoms with van der Waals surface area (Å²) in [5.74, 6) is 0.948. The minimum Gasteiger partial charge on any atom is -0.496 e. The monoisotopic (exact) mass is 247 g/mol. The maximum atomic E-state index is 12.5. The van der Waals surface area contributed by atoms with Crippen LogP contribution in [-0.2, 0) is 10.2 Å². The zero-order valence-corrected chi connectivity index (χ0v) is 11.3. The van der Waals surface area contributed by atoms with Crippen LogP contribution in [0.15, 0.2) is 24.3 Å². The first-order chi connectivity index (χ1) is 8.60. The summed E-state index contributed by atoms with van der Waals surface area (Å²) in [5, 5.41) is 3.04. The van der Waals surface area contributed by atoms with Gasteiger partial charge < -0.3 is 10.1 Å². The van der Waals surface area contributed by atoms with Crippen molar-refractivity contribution >= 4 is 5.91 Å². The average molecular weight is 247 g/mol. The van der Waals surface area contributed by atoms with Crippen molar-refractivity contribution < 1.29 is 9.53 Å². The summed E-state index contributed by atoms with van der Waals surface area (Å²) < 4.78 is 5.40. The minimum atomic E-state index is -0.378. The van der Waals surface area contributed by atoms with Crippen molar-refractivity contribution in [3.05, 3.63) is 29.8 Å². The molecule has 1 saturated carbocycles. The third kappa shape index (κ3) is 2.09. The Labute approximate surface area is 109 Å². The highest BCUT2D eigenvalue weighted by atomic mass is 16.5. The molecule has 18 heavy (non-hydrogen) atoms. The van der Waals surface area contributed by atoms with Crippen LogP contribution in [0, 0.1) is 0 Å². The van der Waals surface area contributed by atoms with Crippen molar-refractivity contribution in [1.29, 1.82) is 0 Å². The van der Waals surface area contributed by atoms with Gasteiger partial charge >= 0.3 is 0 Å². The van der Waals surface area contributed by atoms with Crippen LogP contribution >= 0.6 is 0 Å². The van der Waals surface area contributed by atoms with E-state index in [4.69, 9.17) is 4.74 Å². The van der Waals surface area contributed by atoms with Crippen LogP contribution in [0.25, 0.3) is 0 Å². The van der Waals surface area contributed by atoms with Gasteiger partial charge in [0.15, 0.2) is 0 Å². The quantitative estimate of drug-likeness (QED) is 0.888. The smallest absolute Gasteiger partial charge is 0.230 e. The Bertz CT molecular complexity index is 436. The number of para-hydroxylation sites is 1. The van der Waals surface area contributed by atoms with Gasteiger partial charge in [0.2, 0.25) is 5.91 Å². The first-order valence-electron chi connectivity index (χ1n) is 6.54. The molecule has 0 unspecified atom stereocenters. The zero-order chi connectivity index (χ0) is 13.2. The van der Waals surface area contributed by atoms with E-state index in [1.165, 1.54) is 0 Å². The highest BCUT2D eigenvalue weighted by Crippen LogP contribution is 2.47. The number of benzene rings is 1. The van der Waals surface area contributed by atoms with Gasteiger partial charge in [0.1, 0.15) is 5.75 Å². The molecular formula is C15H21NO2. The van der Waals surface area contributed by atoms with E-state index in [0.29, 0.717) is 0 Å². The molecule has 1 aromatic carbocycles. The maximum Gasteiger partial charge on any atom is 0.230 e. The Morgan fingerprint density at radius 1 is 1.33 bits per heavy atom. The summed E-state index contributed by atoms with van der Waals surface area (Å²) in [5.41, 5.74) is 0.647. The van der Waals surface area contributed by atoms with E-state index in [1.807, 2.05) is 38.1 Å². The molecule has 3 heteroatoms.